The van der Waals surface area contributed by atoms with Crippen LogP contribution in [0.3, 0.4) is 0 Å². The van der Waals surface area contributed by atoms with Gasteiger partial charge in [-0.1, -0.05) is 127 Å². The Morgan fingerprint density at radius 2 is 0.957 bits per heavy atom. The van der Waals surface area contributed by atoms with E-state index in [1.807, 2.05) is 6.92 Å². The lowest BCUT2D eigenvalue weighted by Crippen LogP contribution is -2.66. The number of aliphatic hydroxyl groups is 11. The van der Waals surface area contributed by atoms with Crippen molar-refractivity contribution in [2.75, 3.05) is 26.4 Å². The highest BCUT2D eigenvalue weighted by Gasteiger charge is 2.53. The number of amides is 1. The van der Waals surface area contributed by atoms with Crippen LogP contribution in [0.1, 0.15) is 136 Å². The van der Waals surface area contributed by atoms with Crippen molar-refractivity contribution >= 4 is 5.91 Å². The van der Waals surface area contributed by atoms with Crippen LogP contribution < -0.4 is 5.32 Å². The van der Waals surface area contributed by atoms with Gasteiger partial charge in [0, 0.05) is 6.42 Å². The monoisotopic (exact) mass is 1000 g/mol. The van der Waals surface area contributed by atoms with Crippen LogP contribution >= 0.6 is 0 Å². The third-order valence-electron chi connectivity index (χ3n) is 12.9. The Morgan fingerprint density at radius 3 is 1.50 bits per heavy atom. The van der Waals surface area contributed by atoms with Gasteiger partial charge < -0.3 is 89.9 Å². The maximum atomic E-state index is 13.1. The number of rotatable bonds is 35. The third-order valence-corrected chi connectivity index (χ3v) is 12.9. The zero-order valence-electron chi connectivity index (χ0n) is 41.5. The molecule has 0 aromatic heterocycles. The van der Waals surface area contributed by atoms with Crippen LogP contribution in [0.2, 0.25) is 0 Å². The summed E-state index contributed by atoms with van der Waals surface area (Å²) in [6.45, 7) is 1.48. The molecule has 70 heavy (non-hydrogen) atoms. The van der Waals surface area contributed by atoms with Crippen molar-refractivity contribution in [3.8, 4) is 0 Å². The lowest BCUT2D eigenvalue weighted by Gasteiger charge is -2.48. The molecule has 0 aromatic carbocycles. The second-order valence-electron chi connectivity index (χ2n) is 18.6. The number of nitrogens with one attached hydrogen (secondary N) is 1. The van der Waals surface area contributed by atoms with Gasteiger partial charge >= 0.3 is 0 Å². The highest BCUT2D eigenvalue weighted by Crippen LogP contribution is 2.33. The van der Waals surface area contributed by atoms with Gasteiger partial charge in [-0.05, 0) is 51.4 Å². The maximum absolute atomic E-state index is 13.1. The number of carbonyl (C=O) groups is 1. The molecule has 19 heteroatoms. The summed E-state index contributed by atoms with van der Waals surface area (Å²) >= 11 is 0. The molecule has 0 radical (unpaired) electrons. The summed E-state index contributed by atoms with van der Waals surface area (Å²) in [4.78, 5) is 13.1. The molecule has 0 bridgehead atoms. The Balaban J connectivity index is 1.44. The fourth-order valence-electron chi connectivity index (χ4n) is 8.47. The van der Waals surface area contributed by atoms with E-state index in [9.17, 15) is 61.0 Å². The standard InChI is InChI=1S/C51H89NO18/c1-3-5-7-9-10-11-12-13-14-15-16-17-18-19-20-21-22-23-24-25-27-29-39(57)52-34(35(56)28-26-8-6-4-2)33-65-49-45(63)42(60)47(37(31-54)67-49)70-51-46(64)43(61)48(38(32-55)68-51)69-50-44(62)41(59)40(58)36(30-53)66-50/h12-13,15-16,18-19,26,28,34-38,40-51,53-56,58-64H,3-11,14,17,20-25,27,29-33H2,1-2H3,(H,52,57)/b13-12-,16-15-,19-18-,28-26+. The first-order valence-electron chi connectivity index (χ1n) is 25.9. The lowest BCUT2D eigenvalue weighted by molar-refractivity contribution is -0.379. The molecule has 3 aliphatic heterocycles. The van der Waals surface area contributed by atoms with E-state index in [2.05, 4.69) is 48.7 Å². The highest BCUT2D eigenvalue weighted by atomic mass is 16.8. The third kappa shape index (κ3) is 21.3. The fraction of sp³-hybridized carbons (Fsp3) is 0.824. The molecule has 3 rings (SSSR count). The first-order chi connectivity index (χ1) is 33.8. The van der Waals surface area contributed by atoms with Crippen LogP contribution in [0.4, 0.5) is 0 Å². The minimum atomic E-state index is -1.98. The summed E-state index contributed by atoms with van der Waals surface area (Å²) in [5.74, 6) is -0.301. The van der Waals surface area contributed by atoms with Crippen LogP contribution in [0.15, 0.2) is 48.6 Å². The molecule has 0 saturated carbocycles. The van der Waals surface area contributed by atoms with E-state index < -0.39 is 124 Å². The molecule has 1 amide bonds. The predicted octanol–water partition coefficient (Wildman–Crippen LogP) is 1.97. The van der Waals surface area contributed by atoms with Crippen LogP contribution in [-0.2, 0) is 33.2 Å². The van der Waals surface area contributed by atoms with Crippen LogP contribution in [0, 0.1) is 0 Å². The van der Waals surface area contributed by atoms with E-state index in [-0.39, 0.29) is 18.9 Å². The molecule has 19 nitrogen and oxygen atoms in total. The zero-order chi connectivity index (χ0) is 51.3. The Kier molecular flexibility index (Phi) is 31.8. The van der Waals surface area contributed by atoms with Gasteiger partial charge in [0.1, 0.15) is 73.2 Å². The maximum Gasteiger partial charge on any atom is 0.220 e. The molecule has 0 spiro atoms. The Hall–Kier alpha value is -2.25. The molecule has 0 aromatic rings. The number of aliphatic hydroxyl groups excluding tert-OH is 11. The molecule has 3 aliphatic rings. The van der Waals surface area contributed by atoms with Crippen molar-refractivity contribution in [2.45, 2.75) is 240 Å². The van der Waals surface area contributed by atoms with Gasteiger partial charge in [-0.2, -0.15) is 0 Å². The zero-order valence-corrected chi connectivity index (χ0v) is 41.5. The average molecular weight is 1000 g/mol. The van der Waals surface area contributed by atoms with E-state index in [4.69, 9.17) is 28.4 Å². The van der Waals surface area contributed by atoms with Crippen LogP contribution in [0.5, 0.6) is 0 Å². The lowest BCUT2D eigenvalue weighted by atomic mass is 9.96. The summed E-state index contributed by atoms with van der Waals surface area (Å²) < 4.78 is 33.9. The molecule has 3 heterocycles. The molecule has 3 saturated heterocycles. The first kappa shape index (κ1) is 62.0. The quantitative estimate of drug-likeness (QED) is 0.0319. The normalized spacial score (nSPS) is 33.0. The van der Waals surface area contributed by atoms with E-state index >= 15 is 0 Å². The van der Waals surface area contributed by atoms with Gasteiger partial charge in [0.15, 0.2) is 18.9 Å². The molecule has 12 N–H and O–H groups in total. The van der Waals surface area contributed by atoms with Gasteiger partial charge in [-0.25, -0.2) is 0 Å². The summed E-state index contributed by atoms with van der Waals surface area (Å²) in [6.07, 6.45) is 9.20. The number of carbonyl (C=O) groups excluding carboxylic acids is 1. The van der Waals surface area contributed by atoms with Crippen molar-refractivity contribution in [3.63, 3.8) is 0 Å². The molecule has 17 atom stereocenters. The molecule has 17 unspecified atom stereocenters. The van der Waals surface area contributed by atoms with Crippen molar-refractivity contribution in [3.05, 3.63) is 48.6 Å². The van der Waals surface area contributed by atoms with Gasteiger partial charge in [0.2, 0.25) is 5.91 Å². The van der Waals surface area contributed by atoms with Gasteiger partial charge in [0.25, 0.3) is 0 Å². The second-order valence-corrected chi connectivity index (χ2v) is 18.6. The fourth-order valence-corrected chi connectivity index (χ4v) is 8.47. The molecule has 3 fully saturated rings. The second kappa shape index (κ2) is 35.8. The first-order valence-corrected chi connectivity index (χ1v) is 25.9. The van der Waals surface area contributed by atoms with E-state index in [1.54, 1.807) is 12.2 Å². The largest absolute Gasteiger partial charge is 0.394 e. The highest BCUT2D eigenvalue weighted by molar-refractivity contribution is 5.76. The van der Waals surface area contributed by atoms with E-state index in [0.29, 0.717) is 12.8 Å². The number of allylic oxidation sites excluding steroid dienone is 7. The SMILES string of the molecule is CCCC/C=C/C(O)C(COC1OC(CO)C(OC2OC(CO)C(OC3OC(CO)C(O)C(O)C3O)C(O)C2O)C(O)C1O)NC(=O)CCCCCCCC/C=C\C/C=C\C/C=C\CCCCCCC. The summed E-state index contributed by atoms with van der Waals surface area (Å²) in [5.41, 5.74) is 0. The van der Waals surface area contributed by atoms with Crippen molar-refractivity contribution < 1.29 is 89.4 Å². The number of hydrogen-bond acceptors (Lipinski definition) is 18. The van der Waals surface area contributed by atoms with Gasteiger partial charge in [-0.15, -0.1) is 0 Å². The van der Waals surface area contributed by atoms with Crippen LogP contribution in [-0.4, -0.2) is 193 Å². The summed E-state index contributed by atoms with van der Waals surface area (Å²) in [6, 6.07) is -0.976. The molecular weight excluding hydrogens is 915 g/mol. The average Bonchev–Trinajstić information content (AvgIpc) is 3.35. The smallest absolute Gasteiger partial charge is 0.220 e. The minimum Gasteiger partial charge on any atom is -0.394 e. The summed E-state index contributed by atoms with van der Waals surface area (Å²) in [7, 11) is 0. The van der Waals surface area contributed by atoms with Crippen molar-refractivity contribution in [1.82, 2.24) is 5.32 Å². The number of hydrogen-bond donors (Lipinski definition) is 12. The van der Waals surface area contributed by atoms with E-state index in [1.165, 1.54) is 38.5 Å². The summed E-state index contributed by atoms with van der Waals surface area (Å²) in [5, 5.41) is 119. The van der Waals surface area contributed by atoms with Crippen LogP contribution in [0.25, 0.3) is 0 Å². The van der Waals surface area contributed by atoms with Gasteiger partial charge in [-0.3, -0.25) is 4.79 Å². The number of ether oxygens (including phenoxy) is 6. The minimum absolute atomic E-state index is 0.224. The topological polar surface area (TPSA) is 307 Å². The molecule has 0 aliphatic carbocycles. The Labute approximate surface area is 414 Å². The van der Waals surface area contributed by atoms with Crippen molar-refractivity contribution in [1.29, 1.82) is 0 Å². The molecular formula is C51H89NO18. The Morgan fingerprint density at radius 1 is 0.514 bits per heavy atom. The molecule has 406 valence electrons. The van der Waals surface area contributed by atoms with Crippen molar-refractivity contribution in [2.24, 2.45) is 0 Å². The van der Waals surface area contributed by atoms with E-state index in [0.717, 1.165) is 64.2 Å². The van der Waals surface area contributed by atoms with Gasteiger partial charge in [0.05, 0.1) is 38.6 Å². The number of unbranched alkanes of at least 4 members (excludes halogenated alkanes) is 13. The predicted molar refractivity (Wildman–Crippen MR) is 259 cm³/mol. The Bertz CT molecular complexity index is 1480.